The first-order valence-electron chi connectivity index (χ1n) is 6.58. The minimum Gasteiger partial charge on any atom is -0.450 e. The minimum absolute atomic E-state index is 0.324. The van der Waals surface area contributed by atoms with Crippen LogP contribution in [0.1, 0.15) is 12.8 Å². The van der Waals surface area contributed by atoms with Crippen LogP contribution in [0, 0.1) is 0 Å². The molecule has 6 nitrogen and oxygen atoms in total. The Hall–Kier alpha value is -2.02. The third-order valence-corrected chi connectivity index (χ3v) is 3.41. The summed E-state index contributed by atoms with van der Waals surface area (Å²) in [6.07, 6.45) is 0.814. The molecular weight excluding hydrogens is 336 g/mol. The maximum Gasteiger partial charge on any atom is 0.404 e. The number of nitrogen functional groups attached to an aromatic ring is 1. The van der Waals surface area contributed by atoms with Crippen molar-refractivity contribution in [1.29, 1.82) is 0 Å². The number of fused-ring (bicyclic) bond motifs is 1. The van der Waals surface area contributed by atoms with Gasteiger partial charge in [-0.3, -0.25) is 0 Å². The number of primary amides is 1. The average Bonchev–Trinajstić information content (AvgIpc) is 2.43. The predicted molar refractivity (Wildman–Crippen MR) is 87.1 cm³/mol. The van der Waals surface area contributed by atoms with E-state index in [0.29, 0.717) is 24.7 Å². The zero-order valence-corrected chi connectivity index (χ0v) is 13.0. The van der Waals surface area contributed by atoms with Crippen LogP contribution in [0.5, 0.6) is 0 Å². The zero-order valence-electron chi connectivity index (χ0n) is 11.4. The molecule has 1 amide bonds. The maximum absolute atomic E-state index is 10.4. The summed E-state index contributed by atoms with van der Waals surface area (Å²) >= 11 is 3.42. The second-order valence-electron chi connectivity index (χ2n) is 4.56. The number of rotatable bonds is 6. The molecule has 0 saturated heterocycles. The highest BCUT2D eigenvalue weighted by molar-refractivity contribution is 9.10. The molecular formula is C14H17BrN4O2. The molecule has 21 heavy (non-hydrogen) atoms. The Balaban J connectivity index is 1.92. The van der Waals surface area contributed by atoms with Crippen LogP contribution in [-0.4, -0.2) is 24.2 Å². The van der Waals surface area contributed by atoms with Gasteiger partial charge in [-0.15, -0.1) is 0 Å². The molecule has 2 aromatic rings. The van der Waals surface area contributed by atoms with Gasteiger partial charge < -0.3 is 21.5 Å². The fraction of sp³-hybridized carbons (Fsp3) is 0.286. The van der Waals surface area contributed by atoms with E-state index in [1.54, 1.807) is 0 Å². The van der Waals surface area contributed by atoms with Gasteiger partial charge in [0.1, 0.15) is 5.82 Å². The van der Waals surface area contributed by atoms with Crippen molar-refractivity contribution < 1.29 is 9.53 Å². The number of nitrogens with zero attached hydrogens (tertiary/aromatic N) is 1. The highest BCUT2D eigenvalue weighted by Crippen LogP contribution is 2.24. The van der Waals surface area contributed by atoms with Crippen molar-refractivity contribution in [2.45, 2.75) is 12.8 Å². The van der Waals surface area contributed by atoms with Gasteiger partial charge in [0, 0.05) is 16.4 Å². The summed E-state index contributed by atoms with van der Waals surface area (Å²) in [4.78, 5) is 14.9. The number of anilines is 2. The van der Waals surface area contributed by atoms with Crippen molar-refractivity contribution in [3.63, 3.8) is 0 Å². The van der Waals surface area contributed by atoms with Gasteiger partial charge >= 0.3 is 6.09 Å². The van der Waals surface area contributed by atoms with Crippen molar-refractivity contribution in [2.24, 2.45) is 5.73 Å². The van der Waals surface area contributed by atoms with E-state index >= 15 is 0 Å². The monoisotopic (exact) mass is 352 g/mol. The van der Waals surface area contributed by atoms with Crippen LogP contribution < -0.4 is 16.8 Å². The number of halogens is 1. The molecule has 1 aromatic carbocycles. The molecule has 0 fully saturated rings. The summed E-state index contributed by atoms with van der Waals surface area (Å²) in [5.74, 6) is 0.663. The number of carbonyl (C=O) groups is 1. The lowest BCUT2D eigenvalue weighted by atomic mass is 10.2. The van der Waals surface area contributed by atoms with E-state index in [9.17, 15) is 4.79 Å². The Morgan fingerprint density at radius 1 is 1.33 bits per heavy atom. The van der Waals surface area contributed by atoms with Crippen LogP contribution in [0.3, 0.4) is 0 Å². The van der Waals surface area contributed by atoms with Crippen molar-refractivity contribution >= 4 is 44.4 Å². The van der Waals surface area contributed by atoms with E-state index in [1.807, 2.05) is 24.3 Å². The number of pyridine rings is 1. The molecule has 1 aromatic heterocycles. The van der Waals surface area contributed by atoms with Crippen LogP contribution in [0.25, 0.3) is 10.9 Å². The summed E-state index contributed by atoms with van der Waals surface area (Å²) in [5.41, 5.74) is 12.3. The van der Waals surface area contributed by atoms with Crippen LogP contribution in [0.4, 0.5) is 16.3 Å². The van der Waals surface area contributed by atoms with Gasteiger partial charge in [0.25, 0.3) is 0 Å². The molecule has 0 aliphatic heterocycles. The average molecular weight is 353 g/mol. The Kier molecular flexibility index (Phi) is 5.21. The molecule has 2 rings (SSSR count). The fourth-order valence-corrected chi connectivity index (χ4v) is 2.25. The number of nitrogens with one attached hydrogen (secondary N) is 1. The van der Waals surface area contributed by atoms with Crippen LogP contribution in [-0.2, 0) is 4.74 Å². The summed E-state index contributed by atoms with van der Waals surface area (Å²) in [6.45, 7) is 1.02. The van der Waals surface area contributed by atoms with E-state index < -0.39 is 6.09 Å². The Labute approximate surface area is 131 Å². The van der Waals surface area contributed by atoms with E-state index in [4.69, 9.17) is 11.5 Å². The number of unbranched alkanes of at least 4 members (excludes halogenated alkanes) is 1. The van der Waals surface area contributed by atoms with Gasteiger partial charge in [0.15, 0.2) is 0 Å². The fourth-order valence-electron chi connectivity index (χ4n) is 1.90. The van der Waals surface area contributed by atoms with E-state index in [2.05, 4.69) is 31.0 Å². The number of ether oxygens (including phenoxy) is 1. The lowest BCUT2D eigenvalue weighted by molar-refractivity contribution is 0.155. The first-order valence-corrected chi connectivity index (χ1v) is 7.37. The number of hydrogen-bond acceptors (Lipinski definition) is 5. The molecule has 0 bridgehead atoms. The predicted octanol–water partition coefficient (Wildman–Crippen LogP) is 2.87. The van der Waals surface area contributed by atoms with Gasteiger partial charge in [-0.2, -0.15) is 0 Å². The smallest absolute Gasteiger partial charge is 0.404 e. The Morgan fingerprint density at radius 3 is 2.90 bits per heavy atom. The molecule has 0 spiro atoms. The number of carbonyl (C=O) groups excluding carboxylic acids is 1. The topological polar surface area (TPSA) is 103 Å². The van der Waals surface area contributed by atoms with Gasteiger partial charge in [0.05, 0.1) is 17.8 Å². The second-order valence-corrected chi connectivity index (χ2v) is 5.48. The number of nitrogens with two attached hydrogens (primary N) is 2. The number of hydrogen-bond donors (Lipinski definition) is 3. The Bertz CT molecular complexity index is 648. The van der Waals surface area contributed by atoms with Gasteiger partial charge in [-0.05, 0) is 31.0 Å². The summed E-state index contributed by atoms with van der Waals surface area (Å²) in [5, 5.41) is 4.19. The molecule has 0 unspecified atom stereocenters. The van der Waals surface area contributed by atoms with Gasteiger partial charge in [-0.1, -0.05) is 22.0 Å². The van der Waals surface area contributed by atoms with Crippen molar-refractivity contribution in [3.8, 4) is 0 Å². The van der Waals surface area contributed by atoms with Gasteiger partial charge in [0.2, 0.25) is 0 Å². The highest BCUT2D eigenvalue weighted by Gasteiger charge is 2.04. The molecule has 1 heterocycles. The van der Waals surface area contributed by atoms with Crippen molar-refractivity contribution in [1.82, 2.24) is 4.98 Å². The molecule has 5 N–H and O–H groups in total. The quantitative estimate of drug-likeness (QED) is 0.693. The molecule has 7 heteroatoms. The van der Waals surface area contributed by atoms with Crippen molar-refractivity contribution in [2.75, 3.05) is 24.2 Å². The second kappa shape index (κ2) is 7.12. The molecule has 112 valence electrons. The Morgan fingerprint density at radius 2 is 2.14 bits per heavy atom. The van der Waals surface area contributed by atoms with Crippen LogP contribution in [0.15, 0.2) is 28.7 Å². The van der Waals surface area contributed by atoms with Crippen LogP contribution >= 0.6 is 15.9 Å². The standard InChI is InChI=1S/C14H17BrN4O2/c15-10-4-3-9-7-11(16)13(19-12(9)8-10)18-5-1-2-6-21-14(17)20/h3-4,7-8H,1-2,5-6,16H2,(H2,17,20)(H,18,19). The molecule has 0 aliphatic carbocycles. The number of amides is 1. The van der Waals surface area contributed by atoms with Crippen molar-refractivity contribution in [3.05, 3.63) is 28.7 Å². The van der Waals surface area contributed by atoms with Gasteiger partial charge in [-0.25, -0.2) is 9.78 Å². The zero-order chi connectivity index (χ0) is 15.2. The van der Waals surface area contributed by atoms with E-state index in [0.717, 1.165) is 28.2 Å². The first-order chi connectivity index (χ1) is 10.1. The molecule has 0 saturated carbocycles. The maximum atomic E-state index is 10.4. The first kappa shape index (κ1) is 15.4. The minimum atomic E-state index is -0.742. The lowest BCUT2D eigenvalue weighted by Gasteiger charge is -2.10. The molecule has 0 aliphatic rings. The number of aromatic nitrogens is 1. The molecule has 0 radical (unpaired) electrons. The summed E-state index contributed by atoms with van der Waals surface area (Å²) in [6, 6.07) is 7.76. The molecule has 0 atom stereocenters. The van der Waals surface area contributed by atoms with E-state index in [-0.39, 0.29) is 0 Å². The third-order valence-electron chi connectivity index (χ3n) is 2.92. The van der Waals surface area contributed by atoms with Crippen LogP contribution in [0.2, 0.25) is 0 Å². The lowest BCUT2D eigenvalue weighted by Crippen LogP contribution is -2.14. The summed E-state index contributed by atoms with van der Waals surface area (Å²) < 4.78 is 5.63. The third kappa shape index (κ3) is 4.49. The normalized spacial score (nSPS) is 10.5. The largest absolute Gasteiger partial charge is 0.450 e. The number of benzene rings is 1. The SMILES string of the molecule is NC(=O)OCCCCNc1nc2cc(Br)ccc2cc1N. The van der Waals surface area contributed by atoms with E-state index in [1.165, 1.54) is 0 Å². The highest BCUT2D eigenvalue weighted by atomic mass is 79.9. The summed E-state index contributed by atoms with van der Waals surface area (Å²) in [7, 11) is 0.